The van der Waals surface area contributed by atoms with Crippen LogP contribution < -0.4 is 15.1 Å². The molecule has 1 N–H and O–H groups in total. The fraction of sp³-hybridized carbons (Fsp3) is 0.458. The average molecular weight is 422 g/mol. The maximum Gasteiger partial charge on any atom is 0.251 e. The van der Waals surface area contributed by atoms with Crippen molar-refractivity contribution in [1.29, 1.82) is 0 Å². The lowest BCUT2D eigenvalue weighted by Gasteiger charge is -2.34. The first-order valence-electron chi connectivity index (χ1n) is 11.2. The number of piperidine rings is 1. The molecule has 2 aromatic rings. The molecule has 164 valence electrons. The molecule has 0 radical (unpaired) electrons. The molecule has 2 fully saturated rings. The van der Waals surface area contributed by atoms with E-state index in [4.69, 9.17) is 0 Å². The number of likely N-dealkylation sites (N-methyl/N-ethyl adjacent to an activating group) is 1. The van der Waals surface area contributed by atoms with Crippen LogP contribution in [-0.2, 0) is 11.3 Å². The normalized spacial score (nSPS) is 17.6. The molecule has 31 heavy (non-hydrogen) atoms. The van der Waals surface area contributed by atoms with Gasteiger partial charge in [0.05, 0.1) is 0 Å². The molecule has 2 aliphatic heterocycles. The number of aromatic nitrogens is 1. The molecule has 7 heteroatoms. The Labute approximate surface area is 184 Å². The number of piperazine rings is 1. The van der Waals surface area contributed by atoms with E-state index in [0.29, 0.717) is 18.5 Å². The van der Waals surface area contributed by atoms with Crippen molar-refractivity contribution < 1.29 is 9.59 Å². The zero-order valence-electron chi connectivity index (χ0n) is 18.2. The summed E-state index contributed by atoms with van der Waals surface area (Å²) in [5, 5.41) is 2.96. The number of rotatable bonds is 6. The SMILES string of the molecule is CCN1CCN(c2ccc(CNC(=O)c3ccc(N4CCCCC4=O)cc3)cn2)CC1. The molecule has 2 amide bonds. The molecule has 2 aliphatic rings. The highest BCUT2D eigenvalue weighted by atomic mass is 16.2. The summed E-state index contributed by atoms with van der Waals surface area (Å²) in [7, 11) is 0. The molecule has 0 bridgehead atoms. The van der Waals surface area contributed by atoms with Gasteiger partial charge in [-0.05, 0) is 55.3 Å². The number of nitrogens with zero attached hydrogens (tertiary/aromatic N) is 4. The molecular weight excluding hydrogens is 390 g/mol. The largest absolute Gasteiger partial charge is 0.354 e. The van der Waals surface area contributed by atoms with Crippen LogP contribution in [-0.4, -0.2) is 61.0 Å². The zero-order chi connectivity index (χ0) is 21.6. The molecule has 1 aromatic heterocycles. The Balaban J connectivity index is 1.29. The van der Waals surface area contributed by atoms with Crippen molar-refractivity contribution in [2.75, 3.05) is 49.1 Å². The third kappa shape index (κ3) is 5.22. The minimum atomic E-state index is -0.128. The standard InChI is InChI=1S/C24H31N5O2/c1-2-27-13-15-28(16-14-27)22-11-6-19(17-25-22)18-26-24(31)20-7-9-21(10-8-20)29-12-4-3-5-23(29)30/h6-11,17H,2-5,12-16,18H2,1H3,(H,26,31). The van der Waals surface area contributed by atoms with E-state index in [1.54, 1.807) is 17.0 Å². The van der Waals surface area contributed by atoms with Gasteiger partial charge in [0.25, 0.3) is 5.91 Å². The summed E-state index contributed by atoms with van der Waals surface area (Å²) in [6.07, 6.45) is 4.42. The molecular formula is C24H31N5O2. The monoisotopic (exact) mass is 421 g/mol. The first-order valence-corrected chi connectivity index (χ1v) is 11.2. The third-order valence-electron chi connectivity index (χ3n) is 6.17. The van der Waals surface area contributed by atoms with E-state index in [2.05, 4.69) is 27.0 Å². The van der Waals surface area contributed by atoms with Gasteiger partial charge in [-0.1, -0.05) is 13.0 Å². The van der Waals surface area contributed by atoms with E-state index in [0.717, 1.165) is 69.2 Å². The molecule has 0 unspecified atom stereocenters. The number of carbonyl (C=O) groups is 2. The van der Waals surface area contributed by atoms with Crippen molar-refractivity contribution >= 4 is 23.3 Å². The first-order chi connectivity index (χ1) is 15.1. The minimum absolute atomic E-state index is 0.128. The third-order valence-corrected chi connectivity index (χ3v) is 6.17. The highest BCUT2D eigenvalue weighted by Gasteiger charge is 2.20. The predicted octanol–water partition coefficient (Wildman–Crippen LogP) is 2.67. The second kappa shape index (κ2) is 9.92. The van der Waals surface area contributed by atoms with Gasteiger partial charge in [-0.3, -0.25) is 9.59 Å². The number of pyridine rings is 1. The summed E-state index contributed by atoms with van der Waals surface area (Å²) in [6.45, 7) is 8.61. The smallest absolute Gasteiger partial charge is 0.251 e. The molecule has 0 spiro atoms. The number of amides is 2. The summed E-state index contributed by atoms with van der Waals surface area (Å²) >= 11 is 0. The Morgan fingerprint density at radius 3 is 2.42 bits per heavy atom. The van der Waals surface area contributed by atoms with Crippen molar-refractivity contribution in [2.24, 2.45) is 0 Å². The van der Waals surface area contributed by atoms with Gasteiger partial charge in [-0.2, -0.15) is 0 Å². The zero-order valence-corrected chi connectivity index (χ0v) is 18.2. The van der Waals surface area contributed by atoms with E-state index in [1.807, 2.05) is 30.5 Å². The molecule has 0 aliphatic carbocycles. The predicted molar refractivity (Wildman–Crippen MR) is 122 cm³/mol. The van der Waals surface area contributed by atoms with E-state index in [9.17, 15) is 9.59 Å². The topological polar surface area (TPSA) is 68.8 Å². The summed E-state index contributed by atoms with van der Waals surface area (Å²) in [5.74, 6) is 1.02. The maximum atomic E-state index is 12.5. The van der Waals surface area contributed by atoms with Gasteiger partial charge in [-0.25, -0.2) is 4.98 Å². The number of hydrogen-bond acceptors (Lipinski definition) is 5. The Morgan fingerprint density at radius 1 is 1.00 bits per heavy atom. The summed E-state index contributed by atoms with van der Waals surface area (Å²) in [5.41, 5.74) is 2.42. The highest BCUT2D eigenvalue weighted by molar-refractivity contribution is 5.96. The number of carbonyl (C=O) groups excluding carboxylic acids is 2. The summed E-state index contributed by atoms with van der Waals surface area (Å²) in [6, 6.07) is 11.3. The van der Waals surface area contributed by atoms with E-state index in [-0.39, 0.29) is 11.8 Å². The van der Waals surface area contributed by atoms with Crippen molar-refractivity contribution in [3.05, 3.63) is 53.7 Å². The van der Waals surface area contributed by atoms with Gasteiger partial charge in [0.1, 0.15) is 5.82 Å². The van der Waals surface area contributed by atoms with Gasteiger partial charge in [0, 0.05) is 63.1 Å². The molecule has 4 rings (SSSR count). The maximum absolute atomic E-state index is 12.5. The lowest BCUT2D eigenvalue weighted by Crippen LogP contribution is -2.46. The number of hydrogen-bond donors (Lipinski definition) is 1. The van der Waals surface area contributed by atoms with Gasteiger partial charge < -0.3 is 20.0 Å². The van der Waals surface area contributed by atoms with Crippen LogP contribution in [0.3, 0.4) is 0 Å². The number of nitrogens with one attached hydrogen (secondary N) is 1. The summed E-state index contributed by atoms with van der Waals surface area (Å²) < 4.78 is 0. The van der Waals surface area contributed by atoms with Crippen LogP contribution in [0.15, 0.2) is 42.6 Å². The second-order valence-corrected chi connectivity index (χ2v) is 8.18. The molecule has 3 heterocycles. The van der Waals surface area contributed by atoms with Crippen LogP contribution in [0.1, 0.15) is 42.1 Å². The van der Waals surface area contributed by atoms with Crippen molar-refractivity contribution in [1.82, 2.24) is 15.2 Å². The van der Waals surface area contributed by atoms with Crippen molar-refractivity contribution in [3.8, 4) is 0 Å². The minimum Gasteiger partial charge on any atom is -0.354 e. The van der Waals surface area contributed by atoms with Gasteiger partial charge >= 0.3 is 0 Å². The molecule has 7 nitrogen and oxygen atoms in total. The van der Waals surface area contributed by atoms with Crippen LogP contribution in [0.2, 0.25) is 0 Å². The Morgan fingerprint density at radius 2 is 1.77 bits per heavy atom. The Kier molecular flexibility index (Phi) is 6.82. The lowest BCUT2D eigenvalue weighted by molar-refractivity contribution is -0.119. The fourth-order valence-corrected chi connectivity index (χ4v) is 4.16. The molecule has 0 atom stereocenters. The quantitative estimate of drug-likeness (QED) is 0.777. The van der Waals surface area contributed by atoms with Gasteiger partial charge in [0.15, 0.2) is 0 Å². The molecule has 2 saturated heterocycles. The Hall–Kier alpha value is -2.93. The number of benzene rings is 1. The van der Waals surface area contributed by atoms with Crippen LogP contribution in [0.25, 0.3) is 0 Å². The van der Waals surface area contributed by atoms with Gasteiger partial charge in [0.2, 0.25) is 5.91 Å². The Bertz CT molecular complexity index is 889. The van der Waals surface area contributed by atoms with Crippen LogP contribution in [0, 0.1) is 0 Å². The molecule has 0 saturated carbocycles. The van der Waals surface area contributed by atoms with E-state index >= 15 is 0 Å². The van der Waals surface area contributed by atoms with E-state index in [1.165, 1.54) is 0 Å². The van der Waals surface area contributed by atoms with Crippen LogP contribution in [0.5, 0.6) is 0 Å². The average Bonchev–Trinajstić information content (AvgIpc) is 2.83. The van der Waals surface area contributed by atoms with Crippen LogP contribution >= 0.6 is 0 Å². The van der Waals surface area contributed by atoms with E-state index < -0.39 is 0 Å². The lowest BCUT2D eigenvalue weighted by atomic mass is 10.1. The van der Waals surface area contributed by atoms with Crippen molar-refractivity contribution in [2.45, 2.75) is 32.7 Å². The highest BCUT2D eigenvalue weighted by Crippen LogP contribution is 2.21. The van der Waals surface area contributed by atoms with Crippen LogP contribution in [0.4, 0.5) is 11.5 Å². The fourth-order valence-electron chi connectivity index (χ4n) is 4.16. The summed E-state index contributed by atoms with van der Waals surface area (Å²) in [4.78, 5) is 35.7. The number of anilines is 2. The first kappa shape index (κ1) is 21.3. The molecule has 1 aromatic carbocycles. The van der Waals surface area contributed by atoms with Gasteiger partial charge in [-0.15, -0.1) is 0 Å². The van der Waals surface area contributed by atoms with Crippen molar-refractivity contribution in [3.63, 3.8) is 0 Å². The second-order valence-electron chi connectivity index (χ2n) is 8.18.